The predicted molar refractivity (Wildman–Crippen MR) is 91.5 cm³/mol. The van der Waals surface area contributed by atoms with Crippen LogP contribution < -0.4 is 4.74 Å². The summed E-state index contributed by atoms with van der Waals surface area (Å²) in [5.74, 6) is 0.996. The Morgan fingerprint density at radius 1 is 1.33 bits per heavy atom. The summed E-state index contributed by atoms with van der Waals surface area (Å²) in [6.45, 7) is 1.97. The van der Waals surface area contributed by atoms with Gasteiger partial charge in [0.25, 0.3) is 0 Å². The highest BCUT2D eigenvalue weighted by Gasteiger charge is 2.13. The summed E-state index contributed by atoms with van der Waals surface area (Å²) in [5.41, 5.74) is 4.04. The Bertz CT molecular complexity index is 1070. The molecular weight excluding hydrogens is 326 g/mol. The van der Waals surface area contributed by atoms with Gasteiger partial charge in [0.15, 0.2) is 5.16 Å². The third kappa shape index (κ3) is 2.56. The average Bonchev–Trinajstić information content (AvgIpc) is 3.18. The molecule has 7 heteroatoms. The Hall–Kier alpha value is -2.67. The van der Waals surface area contributed by atoms with Crippen LogP contribution in [-0.2, 0) is 16.6 Å². The van der Waals surface area contributed by atoms with Crippen molar-refractivity contribution in [2.75, 3.05) is 7.11 Å². The summed E-state index contributed by atoms with van der Waals surface area (Å²) in [4.78, 5) is 11.8. The number of imidazole rings is 1. The third-order valence-electron chi connectivity index (χ3n) is 3.87. The molecule has 0 aliphatic rings. The smallest absolute Gasteiger partial charge is 0.197 e. The first-order valence-electron chi connectivity index (χ1n) is 7.39. The van der Waals surface area contributed by atoms with Crippen LogP contribution in [-0.4, -0.2) is 26.3 Å². The number of nitrogens with one attached hydrogen (secondary N) is 1. The molecule has 0 amide bonds. The number of H-pyrrole nitrogens is 1. The van der Waals surface area contributed by atoms with Gasteiger partial charge in [-0.05, 0) is 24.6 Å². The Balaban J connectivity index is 1.62. The van der Waals surface area contributed by atoms with E-state index in [4.69, 9.17) is 9.15 Å². The van der Waals surface area contributed by atoms with E-state index in [9.17, 15) is 4.21 Å². The normalized spacial score (nSPS) is 12.8. The minimum Gasteiger partial charge on any atom is -0.497 e. The number of aromatic nitrogens is 3. The zero-order valence-corrected chi connectivity index (χ0v) is 14.0. The van der Waals surface area contributed by atoms with Crippen LogP contribution in [0.4, 0.5) is 0 Å². The van der Waals surface area contributed by atoms with Crippen LogP contribution in [0, 0.1) is 6.92 Å². The van der Waals surface area contributed by atoms with E-state index in [1.54, 1.807) is 19.6 Å². The number of aryl methyl sites for hydroxylation is 1. The quantitative estimate of drug-likeness (QED) is 0.616. The van der Waals surface area contributed by atoms with Gasteiger partial charge in [0, 0.05) is 23.7 Å². The summed E-state index contributed by atoms with van der Waals surface area (Å²) in [6.07, 6.45) is 3.45. The highest BCUT2D eigenvalue weighted by Crippen LogP contribution is 2.23. The molecule has 1 unspecified atom stereocenters. The minimum absolute atomic E-state index is 0.270. The van der Waals surface area contributed by atoms with Crippen molar-refractivity contribution in [1.82, 2.24) is 15.0 Å². The third-order valence-corrected chi connectivity index (χ3v) is 5.05. The molecule has 122 valence electrons. The number of methoxy groups -OCH3 is 1. The number of rotatable bonds is 4. The van der Waals surface area contributed by atoms with Gasteiger partial charge in [-0.15, -0.1) is 0 Å². The van der Waals surface area contributed by atoms with Gasteiger partial charge in [-0.1, -0.05) is 0 Å². The molecule has 1 N–H and O–H groups in total. The van der Waals surface area contributed by atoms with E-state index >= 15 is 0 Å². The standard InChI is InChI=1S/C17H15N3O3S/c1-10-8-23-16-5-11(18-7-13(10)16)9-24(21)17-19-14-4-3-12(22-2)6-15(14)20-17/h3-8H,9H2,1-2H3,(H,19,20). The van der Waals surface area contributed by atoms with Gasteiger partial charge in [-0.2, -0.15) is 0 Å². The molecular formula is C17H15N3O3S. The van der Waals surface area contributed by atoms with E-state index in [1.165, 1.54) is 0 Å². The van der Waals surface area contributed by atoms with E-state index < -0.39 is 10.8 Å². The molecule has 0 radical (unpaired) electrons. The van der Waals surface area contributed by atoms with E-state index in [0.29, 0.717) is 10.9 Å². The lowest BCUT2D eigenvalue weighted by Gasteiger charge is -1.99. The molecule has 0 saturated heterocycles. The van der Waals surface area contributed by atoms with E-state index in [1.807, 2.05) is 31.2 Å². The number of aromatic amines is 1. The van der Waals surface area contributed by atoms with Crippen LogP contribution in [0.1, 0.15) is 11.3 Å². The molecule has 24 heavy (non-hydrogen) atoms. The number of benzene rings is 1. The van der Waals surface area contributed by atoms with Gasteiger partial charge in [0.05, 0.1) is 46.7 Å². The van der Waals surface area contributed by atoms with Gasteiger partial charge in [0.2, 0.25) is 0 Å². The maximum absolute atomic E-state index is 12.6. The Morgan fingerprint density at radius 3 is 3.04 bits per heavy atom. The SMILES string of the molecule is COc1ccc2nc(S(=O)Cc3cc4occ(C)c4cn3)[nH]c2c1. The maximum Gasteiger partial charge on any atom is 0.197 e. The molecule has 1 atom stereocenters. The van der Waals surface area contributed by atoms with Gasteiger partial charge in [0.1, 0.15) is 11.3 Å². The van der Waals surface area contributed by atoms with Crippen molar-refractivity contribution >= 4 is 32.8 Å². The zero-order valence-electron chi connectivity index (χ0n) is 13.2. The number of hydrogen-bond acceptors (Lipinski definition) is 5. The summed E-state index contributed by atoms with van der Waals surface area (Å²) >= 11 is 0. The number of nitrogens with zero attached hydrogens (tertiary/aromatic N) is 2. The first-order chi connectivity index (χ1) is 11.6. The lowest BCUT2D eigenvalue weighted by atomic mass is 10.2. The van der Waals surface area contributed by atoms with Gasteiger partial charge in [-0.3, -0.25) is 9.19 Å². The molecule has 3 heterocycles. The van der Waals surface area contributed by atoms with Crippen molar-refractivity contribution in [2.45, 2.75) is 17.8 Å². The first-order valence-corrected chi connectivity index (χ1v) is 8.71. The molecule has 0 fully saturated rings. The monoisotopic (exact) mass is 341 g/mol. The van der Waals surface area contributed by atoms with Crippen LogP contribution in [0.25, 0.3) is 22.0 Å². The molecule has 0 aliphatic heterocycles. The van der Waals surface area contributed by atoms with E-state index in [-0.39, 0.29) is 5.75 Å². The lowest BCUT2D eigenvalue weighted by Crippen LogP contribution is -2.00. The molecule has 0 aliphatic carbocycles. The van der Waals surface area contributed by atoms with Crippen molar-refractivity contribution in [3.8, 4) is 5.75 Å². The summed E-state index contributed by atoms with van der Waals surface area (Å²) in [6, 6.07) is 7.32. The van der Waals surface area contributed by atoms with Crippen molar-refractivity contribution in [1.29, 1.82) is 0 Å². The second-order valence-electron chi connectivity index (χ2n) is 5.51. The highest BCUT2D eigenvalue weighted by atomic mass is 32.2. The topological polar surface area (TPSA) is 81.0 Å². The van der Waals surface area contributed by atoms with Gasteiger partial charge in [-0.25, -0.2) is 4.98 Å². The fourth-order valence-electron chi connectivity index (χ4n) is 2.57. The Morgan fingerprint density at radius 2 is 2.21 bits per heavy atom. The van der Waals surface area contributed by atoms with Crippen LogP contribution in [0.15, 0.2) is 46.3 Å². The predicted octanol–water partition coefficient (Wildman–Crippen LogP) is 3.33. The molecule has 0 spiro atoms. The fraction of sp³-hybridized carbons (Fsp3) is 0.176. The van der Waals surface area contributed by atoms with Crippen molar-refractivity contribution in [3.63, 3.8) is 0 Å². The van der Waals surface area contributed by atoms with Crippen molar-refractivity contribution < 1.29 is 13.4 Å². The summed E-state index contributed by atoms with van der Waals surface area (Å²) in [7, 11) is 0.283. The molecule has 4 aromatic rings. The Labute approximate surface area is 140 Å². The number of ether oxygens (including phenoxy) is 1. The number of fused-ring (bicyclic) bond motifs is 2. The first kappa shape index (κ1) is 14.9. The summed E-state index contributed by atoms with van der Waals surface area (Å²) in [5, 5.41) is 1.40. The maximum atomic E-state index is 12.6. The summed E-state index contributed by atoms with van der Waals surface area (Å²) < 4.78 is 23.3. The van der Waals surface area contributed by atoms with E-state index in [2.05, 4.69) is 15.0 Å². The number of pyridine rings is 1. The fourth-order valence-corrected chi connectivity index (χ4v) is 3.56. The Kier molecular flexibility index (Phi) is 3.57. The average molecular weight is 341 g/mol. The van der Waals surface area contributed by atoms with E-state index in [0.717, 1.165) is 33.3 Å². The molecule has 0 saturated carbocycles. The van der Waals surface area contributed by atoms with Crippen molar-refractivity contribution in [2.24, 2.45) is 0 Å². The van der Waals surface area contributed by atoms with Gasteiger partial charge >= 0.3 is 0 Å². The molecule has 0 bridgehead atoms. The van der Waals surface area contributed by atoms with Crippen LogP contribution >= 0.6 is 0 Å². The van der Waals surface area contributed by atoms with Crippen molar-refractivity contribution in [3.05, 3.63) is 48.0 Å². The molecule has 4 rings (SSSR count). The minimum atomic E-state index is -1.32. The molecule has 1 aromatic carbocycles. The number of hydrogen-bond donors (Lipinski definition) is 1. The highest BCUT2D eigenvalue weighted by molar-refractivity contribution is 7.84. The van der Waals surface area contributed by atoms with Crippen LogP contribution in [0.5, 0.6) is 5.75 Å². The molecule has 6 nitrogen and oxygen atoms in total. The second kappa shape index (κ2) is 5.76. The van der Waals surface area contributed by atoms with Crippen LogP contribution in [0.2, 0.25) is 0 Å². The zero-order chi connectivity index (χ0) is 16.7. The lowest BCUT2D eigenvalue weighted by molar-refractivity contribution is 0.415. The largest absolute Gasteiger partial charge is 0.497 e. The molecule has 3 aromatic heterocycles. The number of furan rings is 1. The second-order valence-corrected chi connectivity index (χ2v) is 6.87. The van der Waals surface area contributed by atoms with Crippen LogP contribution in [0.3, 0.4) is 0 Å². The van der Waals surface area contributed by atoms with Gasteiger partial charge < -0.3 is 14.1 Å².